The number of thiazole rings is 1. The summed E-state index contributed by atoms with van der Waals surface area (Å²) in [6.07, 6.45) is 1.05. The summed E-state index contributed by atoms with van der Waals surface area (Å²) in [6.45, 7) is 5.77. The smallest absolute Gasteiger partial charge is 0.191 e. The number of nitrogens with one attached hydrogen (secondary N) is 2. The van der Waals surface area contributed by atoms with Crippen LogP contribution < -0.4 is 20.4 Å². The highest BCUT2D eigenvalue weighted by molar-refractivity contribution is 14.0. The van der Waals surface area contributed by atoms with E-state index >= 15 is 0 Å². The van der Waals surface area contributed by atoms with Crippen LogP contribution >= 0.6 is 35.3 Å². The fourth-order valence-corrected chi connectivity index (χ4v) is 3.32. The molecule has 0 spiro atoms. The molecule has 2 aromatic rings. The molecule has 0 aliphatic heterocycles. The molecule has 2 N–H and O–H groups in total. The number of benzene rings is 1. The highest BCUT2D eigenvalue weighted by Gasteiger charge is 2.06. The summed E-state index contributed by atoms with van der Waals surface area (Å²) >= 11 is 1.65. The first kappa shape index (κ1) is 23.5. The Morgan fingerprint density at radius 2 is 1.93 bits per heavy atom. The minimum atomic E-state index is 0. The fraction of sp³-hybridized carbons (Fsp3) is 0.474. The lowest BCUT2D eigenvalue weighted by atomic mass is 10.2. The standard InChI is InChI=1S/C19H30N6S.HI/c1-5-25(17-10-7-6-8-11-17)13-9-12-21-18(20-2)22-14-16-15-26-19(23-16)24(3)4;/h6-8,10-11,15H,5,9,12-14H2,1-4H3,(H2,20,21,22);1H. The molecule has 1 aromatic heterocycles. The third-order valence-corrected chi connectivity index (χ3v) is 5.04. The highest BCUT2D eigenvalue weighted by atomic mass is 127. The first-order valence-electron chi connectivity index (χ1n) is 9.00. The van der Waals surface area contributed by atoms with Crippen LogP contribution in [0.4, 0.5) is 10.8 Å². The molecule has 0 bridgehead atoms. The van der Waals surface area contributed by atoms with Crippen molar-refractivity contribution in [2.45, 2.75) is 19.9 Å². The van der Waals surface area contributed by atoms with Gasteiger partial charge < -0.3 is 20.4 Å². The van der Waals surface area contributed by atoms with Gasteiger partial charge in [-0.2, -0.15) is 0 Å². The van der Waals surface area contributed by atoms with Crippen LogP contribution in [-0.4, -0.2) is 51.7 Å². The van der Waals surface area contributed by atoms with E-state index in [9.17, 15) is 0 Å². The van der Waals surface area contributed by atoms with E-state index in [1.807, 2.05) is 19.0 Å². The molecule has 150 valence electrons. The molecule has 0 saturated carbocycles. The molecule has 1 heterocycles. The molecule has 8 heteroatoms. The van der Waals surface area contributed by atoms with Crippen molar-refractivity contribution < 1.29 is 0 Å². The summed E-state index contributed by atoms with van der Waals surface area (Å²) in [4.78, 5) is 13.3. The maximum Gasteiger partial charge on any atom is 0.191 e. The number of hydrogen-bond acceptors (Lipinski definition) is 5. The molecule has 2 rings (SSSR count). The van der Waals surface area contributed by atoms with E-state index in [1.165, 1.54) is 5.69 Å². The number of aliphatic imine (C=N–C) groups is 1. The van der Waals surface area contributed by atoms with E-state index in [-0.39, 0.29) is 24.0 Å². The van der Waals surface area contributed by atoms with Gasteiger partial charge in [0.05, 0.1) is 12.2 Å². The first-order valence-corrected chi connectivity index (χ1v) is 9.88. The predicted octanol–water partition coefficient (Wildman–Crippen LogP) is 3.41. The predicted molar refractivity (Wildman–Crippen MR) is 129 cm³/mol. The largest absolute Gasteiger partial charge is 0.372 e. The molecule has 1 aromatic carbocycles. The molecule has 0 amide bonds. The number of para-hydroxylation sites is 1. The van der Waals surface area contributed by atoms with Gasteiger partial charge in [0, 0.05) is 51.8 Å². The molecule has 0 atom stereocenters. The minimum Gasteiger partial charge on any atom is -0.372 e. The van der Waals surface area contributed by atoms with Gasteiger partial charge in [0.2, 0.25) is 0 Å². The van der Waals surface area contributed by atoms with Gasteiger partial charge in [0.25, 0.3) is 0 Å². The van der Waals surface area contributed by atoms with Crippen molar-refractivity contribution in [2.75, 3.05) is 50.6 Å². The third kappa shape index (κ3) is 7.92. The molecular weight excluding hydrogens is 471 g/mol. The Morgan fingerprint density at radius 3 is 2.52 bits per heavy atom. The molecule has 0 fully saturated rings. The second-order valence-corrected chi connectivity index (χ2v) is 6.97. The van der Waals surface area contributed by atoms with E-state index < -0.39 is 0 Å². The summed E-state index contributed by atoms with van der Waals surface area (Å²) in [5.41, 5.74) is 2.31. The Bertz CT molecular complexity index is 674. The molecule has 6 nitrogen and oxygen atoms in total. The monoisotopic (exact) mass is 502 g/mol. The zero-order valence-corrected chi connectivity index (χ0v) is 19.8. The van der Waals surface area contributed by atoms with Crippen molar-refractivity contribution in [3.05, 3.63) is 41.4 Å². The van der Waals surface area contributed by atoms with E-state index in [4.69, 9.17) is 0 Å². The van der Waals surface area contributed by atoms with Crippen molar-refractivity contribution >= 4 is 52.1 Å². The Hall–Kier alpha value is -1.55. The average molecular weight is 502 g/mol. The van der Waals surface area contributed by atoms with E-state index in [2.05, 4.69) is 68.1 Å². The normalized spacial score (nSPS) is 10.9. The number of nitrogens with zero attached hydrogens (tertiary/aromatic N) is 4. The number of halogens is 1. The average Bonchev–Trinajstić information content (AvgIpc) is 3.14. The second-order valence-electron chi connectivity index (χ2n) is 6.14. The maximum absolute atomic E-state index is 4.57. The molecule has 0 aliphatic rings. The number of aromatic nitrogens is 1. The number of guanidine groups is 1. The van der Waals surface area contributed by atoms with Crippen molar-refractivity contribution in [2.24, 2.45) is 4.99 Å². The van der Waals surface area contributed by atoms with Gasteiger partial charge in [-0.3, -0.25) is 4.99 Å². The zero-order chi connectivity index (χ0) is 18.8. The van der Waals surface area contributed by atoms with Gasteiger partial charge in [-0.25, -0.2) is 4.98 Å². The Morgan fingerprint density at radius 1 is 1.19 bits per heavy atom. The van der Waals surface area contributed by atoms with Crippen molar-refractivity contribution in [3.8, 4) is 0 Å². The van der Waals surface area contributed by atoms with Gasteiger partial charge in [-0.1, -0.05) is 18.2 Å². The van der Waals surface area contributed by atoms with Gasteiger partial charge in [0.1, 0.15) is 0 Å². The summed E-state index contributed by atoms with van der Waals surface area (Å²) in [5.74, 6) is 0.812. The van der Waals surface area contributed by atoms with E-state index in [0.717, 1.165) is 42.8 Å². The summed E-state index contributed by atoms with van der Waals surface area (Å²) in [7, 11) is 5.81. The molecule has 0 aliphatic carbocycles. The maximum atomic E-state index is 4.57. The van der Waals surface area contributed by atoms with Crippen LogP contribution in [0.2, 0.25) is 0 Å². The topological polar surface area (TPSA) is 55.8 Å². The van der Waals surface area contributed by atoms with E-state index in [0.29, 0.717) is 6.54 Å². The van der Waals surface area contributed by atoms with Crippen LogP contribution in [0, 0.1) is 0 Å². The Labute approximate surface area is 184 Å². The third-order valence-electron chi connectivity index (χ3n) is 3.98. The van der Waals surface area contributed by atoms with Crippen LogP contribution in [0.1, 0.15) is 19.0 Å². The lowest BCUT2D eigenvalue weighted by Gasteiger charge is -2.23. The van der Waals surface area contributed by atoms with Crippen molar-refractivity contribution in [1.29, 1.82) is 0 Å². The molecule has 27 heavy (non-hydrogen) atoms. The summed E-state index contributed by atoms with van der Waals surface area (Å²) < 4.78 is 0. The Balaban J connectivity index is 0.00000364. The molecule has 0 radical (unpaired) electrons. The zero-order valence-electron chi connectivity index (χ0n) is 16.6. The lowest BCUT2D eigenvalue weighted by Crippen LogP contribution is -2.38. The van der Waals surface area contributed by atoms with Crippen molar-refractivity contribution in [1.82, 2.24) is 15.6 Å². The van der Waals surface area contributed by atoms with Crippen LogP contribution in [0.3, 0.4) is 0 Å². The van der Waals surface area contributed by atoms with Crippen molar-refractivity contribution in [3.63, 3.8) is 0 Å². The second kappa shape index (κ2) is 12.8. The fourth-order valence-electron chi connectivity index (χ4n) is 2.56. The quantitative estimate of drug-likeness (QED) is 0.238. The van der Waals surface area contributed by atoms with Crippen LogP contribution in [0.5, 0.6) is 0 Å². The van der Waals surface area contributed by atoms with Crippen LogP contribution in [0.25, 0.3) is 0 Å². The SMILES string of the molecule is CCN(CCCNC(=NC)NCc1csc(N(C)C)n1)c1ccccc1.I. The van der Waals surface area contributed by atoms with Gasteiger partial charge in [0.15, 0.2) is 11.1 Å². The summed E-state index contributed by atoms with van der Waals surface area (Å²) in [6, 6.07) is 10.5. The minimum absolute atomic E-state index is 0. The summed E-state index contributed by atoms with van der Waals surface area (Å²) in [5, 5.41) is 9.80. The van der Waals surface area contributed by atoms with Crippen LogP contribution in [-0.2, 0) is 6.54 Å². The molecular formula is C19H31IN6S. The van der Waals surface area contributed by atoms with Gasteiger partial charge in [-0.15, -0.1) is 35.3 Å². The van der Waals surface area contributed by atoms with Gasteiger partial charge in [-0.05, 0) is 25.5 Å². The lowest BCUT2D eigenvalue weighted by molar-refractivity contribution is 0.707. The van der Waals surface area contributed by atoms with Crippen LogP contribution in [0.15, 0.2) is 40.7 Å². The molecule has 0 unspecified atom stereocenters. The van der Waals surface area contributed by atoms with E-state index in [1.54, 1.807) is 18.4 Å². The highest BCUT2D eigenvalue weighted by Crippen LogP contribution is 2.17. The Kier molecular flexibility index (Phi) is 11.1. The number of hydrogen-bond donors (Lipinski definition) is 2. The molecule has 0 saturated heterocycles. The van der Waals surface area contributed by atoms with Gasteiger partial charge >= 0.3 is 0 Å². The first-order chi connectivity index (χ1) is 12.6. The number of anilines is 2. The number of rotatable bonds is 9.